The van der Waals surface area contributed by atoms with Crippen LogP contribution in [0.2, 0.25) is 0 Å². The third kappa shape index (κ3) is 6.05. The van der Waals surface area contributed by atoms with Crippen LogP contribution in [0.25, 0.3) is 11.1 Å². The standard InChI is InChI=1S/C28H35N3O4/c1-6-30(7-2)28(34)26-25(24-19(3)12-11-13-20(24)4)21(5)27(33)31(29-26)16-23(32)18-35-17-22-14-9-8-10-15-22/h8-15,23,32H,6-7,16-18H2,1-5H3. The first-order valence-corrected chi connectivity index (χ1v) is 12.1. The molecule has 0 radical (unpaired) electrons. The average Bonchev–Trinajstić information content (AvgIpc) is 2.84. The van der Waals surface area contributed by atoms with Crippen molar-refractivity contribution >= 4 is 5.91 Å². The topological polar surface area (TPSA) is 84.7 Å². The summed E-state index contributed by atoms with van der Waals surface area (Å²) in [5.74, 6) is -0.237. The zero-order chi connectivity index (χ0) is 25.5. The molecule has 3 rings (SSSR count). The van der Waals surface area contributed by atoms with Gasteiger partial charge in [0, 0.05) is 24.2 Å². The van der Waals surface area contributed by atoms with Crippen LogP contribution in [0.5, 0.6) is 0 Å². The third-order valence-corrected chi connectivity index (χ3v) is 6.18. The van der Waals surface area contributed by atoms with Crippen LogP contribution in [0.1, 0.15) is 46.6 Å². The molecule has 0 bridgehead atoms. The lowest BCUT2D eigenvalue weighted by Crippen LogP contribution is -2.38. The van der Waals surface area contributed by atoms with Gasteiger partial charge in [0.15, 0.2) is 5.69 Å². The summed E-state index contributed by atoms with van der Waals surface area (Å²) < 4.78 is 6.82. The number of hydrogen-bond donors (Lipinski definition) is 1. The number of carbonyl (C=O) groups excluding carboxylic acids is 1. The number of amides is 1. The summed E-state index contributed by atoms with van der Waals surface area (Å²) in [6.07, 6.45) is -0.953. The lowest BCUT2D eigenvalue weighted by atomic mass is 9.91. The second-order valence-corrected chi connectivity index (χ2v) is 8.73. The molecule has 0 aliphatic carbocycles. The number of rotatable bonds is 10. The van der Waals surface area contributed by atoms with Crippen molar-refractivity contribution in [3.63, 3.8) is 0 Å². The summed E-state index contributed by atoms with van der Waals surface area (Å²) in [5, 5.41) is 15.1. The largest absolute Gasteiger partial charge is 0.389 e. The zero-order valence-electron chi connectivity index (χ0n) is 21.2. The van der Waals surface area contributed by atoms with Gasteiger partial charge in [-0.1, -0.05) is 48.5 Å². The van der Waals surface area contributed by atoms with Crippen molar-refractivity contribution in [3.05, 3.63) is 86.8 Å². The first-order valence-electron chi connectivity index (χ1n) is 12.1. The fourth-order valence-electron chi connectivity index (χ4n) is 4.28. The van der Waals surface area contributed by atoms with E-state index in [1.807, 2.05) is 76.2 Å². The molecule has 1 N–H and O–H groups in total. The van der Waals surface area contributed by atoms with Crippen molar-refractivity contribution in [2.24, 2.45) is 0 Å². The highest BCUT2D eigenvalue weighted by Crippen LogP contribution is 2.31. The number of aliphatic hydroxyl groups is 1. The minimum Gasteiger partial charge on any atom is -0.389 e. The number of aliphatic hydroxyl groups excluding tert-OH is 1. The Kier molecular flexibility index (Phi) is 8.95. The van der Waals surface area contributed by atoms with Gasteiger partial charge in [-0.15, -0.1) is 0 Å². The fraction of sp³-hybridized carbons (Fsp3) is 0.393. The van der Waals surface area contributed by atoms with Gasteiger partial charge in [-0.25, -0.2) is 4.68 Å². The van der Waals surface area contributed by atoms with Crippen molar-refractivity contribution in [2.75, 3.05) is 19.7 Å². The van der Waals surface area contributed by atoms with Crippen LogP contribution in [0, 0.1) is 20.8 Å². The molecule has 1 aromatic heterocycles. The summed E-state index contributed by atoms with van der Waals surface area (Å²) in [6.45, 7) is 10.9. The van der Waals surface area contributed by atoms with E-state index in [1.165, 1.54) is 4.68 Å². The van der Waals surface area contributed by atoms with Gasteiger partial charge in [-0.05, 0) is 56.9 Å². The second kappa shape index (κ2) is 11.9. The van der Waals surface area contributed by atoms with Gasteiger partial charge < -0.3 is 14.7 Å². The van der Waals surface area contributed by atoms with Gasteiger partial charge >= 0.3 is 0 Å². The maximum absolute atomic E-state index is 13.5. The quantitative estimate of drug-likeness (QED) is 0.479. The first-order chi connectivity index (χ1) is 16.8. The normalized spacial score (nSPS) is 11.9. The highest BCUT2D eigenvalue weighted by molar-refractivity contribution is 6.00. The van der Waals surface area contributed by atoms with Gasteiger partial charge in [-0.2, -0.15) is 5.10 Å². The van der Waals surface area contributed by atoms with E-state index >= 15 is 0 Å². The molecular formula is C28H35N3O4. The SMILES string of the molecule is CCN(CC)C(=O)c1nn(CC(O)COCc2ccccc2)c(=O)c(C)c1-c1c(C)cccc1C. The number of aryl methyl sites for hydroxylation is 2. The minimum atomic E-state index is -0.953. The van der Waals surface area contributed by atoms with E-state index in [9.17, 15) is 14.7 Å². The molecule has 0 aliphatic heterocycles. The number of carbonyl (C=O) groups is 1. The Morgan fingerprint density at radius 3 is 2.23 bits per heavy atom. The fourth-order valence-corrected chi connectivity index (χ4v) is 4.28. The van der Waals surface area contributed by atoms with Crippen LogP contribution < -0.4 is 5.56 Å². The van der Waals surface area contributed by atoms with E-state index in [-0.39, 0.29) is 30.3 Å². The van der Waals surface area contributed by atoms with E-state index < -0.39 is 6.10 Å². The predicted molar refractivity (Wildman–Crippen MR) is 138 cm³/mol. The molecule has 0 spiro atoms. The van der Waals surface area contributed by atoms with Gasteiger partial charge in [0.25, 0.3) is 11.5 Å². The van der Waals surface area contributed by atoms with Crippen molar-refractivity contribution in [2.45, 2.75) is 53.9 Å². The monoisotopic (exact) mass is 477 g/mol. The lowest BCUT2D eigenvalue weighted by molar-refractivity contribution is 0.0178. The van der Waals surface area contributed by atoms with Crippen LogP contribution in [0.15, 0.2) is 53.3 Å². The van der Waals surface area contributed by atoms with E-state index in [2.05, 4.69) is 5.10 Å². The van der Waals surface area contributed by atoms with Gasteiger partial charge in [0.05, 0.1) is 25.9 Å². The lowest BCUT2D eigenvalue weighted by Gasteiger charge is -2.23. The second-order valence-electron chi connectivity index (χ2n) is 8.73. The Labute approximate surface area is 207 Å². The number of nitrogens with zero attached hydrogens (tertiary/aromatic N) is 3. The molecule has 2 aromatic carbocycles. The van der Waals surface area contributed by atoms with Crippen LogP contribution in [0.4, 0.5) is 0 Å². The number of hydrogen-bond acceptors (Lipinski definition) is 5. The van der Waals surface area contributed by atoms with Crippen molar-refractivity contribution < 1.29 is 14.6 Å². The number of benzene rings is 2. The van der Waals surface area contributed by atoms with Gasteiger partial charge in [0.2, 0.25) is 0 Å². The van der Waals surface area contributed by atoms with E-state index in [0.717, 1.165) is 22.3 Å². The molecule has 186 valence electrons. The highest BCUT2D eigenvalue weighted by atomic mass is 16.5. The van der Waals surface area contributed by atoms with Gasteiger partial charge in [0.1, 0.15) is 0 Å². The van der Waals surface area contributed by atoms with E-state index in [1.54, 1.807) is 11.8 Å². The minimum absolute atomic E-state index is 0.0417. The molecule has 1 heterocycles. The van der Waals surface area contributed by atoms with Crippen LogP contribution in [-0.2, 0) is 17.9 Å². The predicted octanol–water partition coefficient (Wildman–Crippen LogP) is 3.90. The molecular weight excluding hydrogens is 442 g/mol. The summed E-state index contributed by atoms with van der Waals surface area (Å²) in [5.41, 5.74) is 4.67. The molecule has 0 aliphatic rings. The molecule has 1 unspecified atom stereocenters. The molecule has 1 amide bonds. The molecule has 1 atom stereocenters. The number of aromatic nitrogens is 2. The van der Waals surface area contributed by atoms with Crippen molar-refractivity contribution in [1.29, 1.82) is 0 Å². The van der Waals surface area contributed by atoms with Crippen LogP contribution >= 0.6 is 0 Å². The average molecular weight is 478 g/mol. The third-order valence-electron chi connectivity index (χ3n) is 6.18. The van der Waals surface area contributed by atoms with E-state index in [4.69, 9.17) is 4.74 Å². The molecule has 0 saturated heterocycles. The summed E-state index contributed by atoms with van der Waals surface area (Å²) in [6, 6.07) is 15.5. The molecule has 0 fully saturated rings. The Hall–Kier alpha value is -3.29. The summed E-state index contributed by atoms with van der Waals surface area (Å²) >= 11 is 0. The van der Waals surface area contributed by atoms with Crippen molar-refractivity contribution in [1.82, 2.24) is 14.7 Å². The first kappa shape index (κ1) is 26.3. The maximum atomic E-state index is 13.5. The van der Waals surface area contributed by atoms with E-state index in [0.29, 0.717) is 30.8 Å². The molecule has 7 heteroatoms. The Morgan fingerprint density at radius 1 is 1.00 bits per heavy atom. The summed E-state index contributed by atoms with van der Waals surface area (Å²) in [4.78, 5) is 28.5. The Bertz CT molecular complexity index is 1200. The molecule has 7 nitrogen and oxygen atoms in total. The molecule has 35 heavy (non-hydrogen) atoms. The molecule has 0 saturated carbocycles. The maximum Gasteiger partial charge on any atom is 0.274 e. The van der Waals surface area contributed by atoms with Crippen LogP contribution in [-0.4, -0.2) is 51.5 Å². The Balaban J connectivity index is 1.98. The highest BCUT2D eigenvalue weighted by Gasteiger charge is 2.26. The van der Waals surface area contributed by atoms with Crippen molar-refractivity contribution in [3.8, 4) is 11.1 Å². The number of ether oxygens (including phenoxy) is 1. The molecule has 3 aromatic rings. The summed E-state index contributed by atoms with van der Waals surface area (Å²) in [7, 11) is 0. The Morgan fingerprint density at radius 2 is 1.63 bits per heavy atom. The smallest absolute Gasteiger partial charge is 0.274 e. The zero-order valence-corrected chi connectivity index (χ0v) is 21.2. The van der Waals surface area contributed by atoms with Crippen LogP contribution in [0.3, 0.4) is 0 Å². The van der Waals surface area contributed by atoms with Gasteiger partial charge in [-0.3, -0.25) is 9.59 Å².